The van der Waals surface area contributed by atoms with Gasteiger partial charge < -0.3 is 15.5 Å². The topological polar surface area (TPSA) is 82.1 Å². The minimum Gasteiger partial charge on any atom is -0.368 e. The van der Waals surface area contributed by atoms with Gasteiger partial charge in [-0.3, -0.25) is 5.41 Å². The van der Waals surface area contributed by atoms with Crippen molar-refractivity contribution in [1.82, 2.24) is 19.8 Å². The molecular formula is C17H30N6. The minimum absolute atomic E-state index is 0.0214. The highest BCUT2D eigenvalue weighted by Crippen LogP contribution is 2.29. The van der Waals surface area contributed by atoms with Crippen LogP contribution < -0.4 is 5.73 Å². The monoisotopic (exact) mass is 318 g/mol. The molecule has 0 bridgehead atoms. The number of guanidine groups is 1. The zero-order valence-corrected chi connectivity index (χ0v) is 14.8. The van der Waals surface area contributed by atoms with Crippen molar-refractivity contribution in [2.45, 2.75) is 58.4 Å². The van der Waals surface area contributed by atoms with E-state index in [0.717, 1.165) is 44.6 Å². The van der Waals surface area contributed by atoms with Crippen LogP contribution in [-0.4, -0.2) is 50.9 Å². The van der Waals surface area contributed by atoms with Crippen molar-refractivity contribution < 1.29 is 0 Å². The molecule has 6 nitrogen and oxygen atoms in total. The Bertz CT molecular complexity index is 542. The van der Waals surface area contributed by atoms with Crippen LogP contribution in [0.5, 0.6) is 0 Å². The van der Waals surface area contributed by atoms with Gasteiger partial charge in [0.25, 0.3) is 0 Å². The molecule has 6 heteroatoms. The van der Waals surface area contributed by atoms with E-state index in [1.807, 2.05) is 6.07 Å². The van der Waals surface area contributed by atoms with E-state index in [4.69, 9.17) is 11.1 Å². The van der Waals surface area contributed by atoms with Gasteiger partial charge in [-0.1, -0.05) is 13.8 Å². The lowest BCUT2D eigenvalue weighted by Crippen LogP contribution is -2.47. The summed E-state index contributed by atoms with van der Waals surface area (Å²) in [6, 6.07) is 1.94. The molecule has 23 heavy (non-hydrogen) atoms. The van der Waals surface area contributed by atoms with E-state index in [1.54, 1.807) is 6.20 Å². The maximum atomic E-state index is 8.41. The molecule has 1 unspecified atom stereocenters. The van der Waals surface area contributed by atoms with Gasteiger partial charge in [0.1, 0.15) is 0 Å². The predicted molar refractivity (Wildman–Crippen MR) is 94.5 cm³/mol. The molecule has 0 aromatic carbocycles. The van der Waals surface area contributed by atoms with Crippen LogP contribution >= 0.6 is 0 Å². The first kappa shape index (κ1) is 17.5. The van der Waals surface area contributed by atoms with Crippen molar-refractivity contribution in [3.8, 4) is 0 Å². The van der Waals surface area contributed by atoms with Gasteiger partial charge in [-0.2, -0.15) is 0 Å². The highest BCUT2D eigenvalue weighted by atomic mass is 15.4. The lowest BCUT2D eigenvalue weighted by molar-refractivity contribution is 0.208. The summed E-state index contributed by atoms with van der Waals surface area (Å²) in [7, 11) is 0. The average Bonchev–Trinajstić information content (AvgIpc) is 2.87. The molecule has 1 aliphatic heterocycles. The van der Waals surface area contributed by atoms with E-state index < -0.39 is 0 Å². The Balaban J connectivity index is 1.95. The van der Waals surface area contributed by atoms with Gasteiger partial charge in [0.15, 0.2) is 5.96 Å². The molecule has 1 aromatic rings. The molecule has 128 valence electrons. The quantitative estimate of drug-likeness (QED) is 0.807. The minimum atomic E-state index is -0.0214. The molecule has 1 aromatic heterocycles. The summed E-state index contributed by atoms with van der Waals surface area (Å²) in [6.07, 6.45) is 4.84. The van der Waals surface area contributed by atoms with Crippen molar-refractivity contribution in [2.75, 3.05) is 25.4 Å². The average molecular weight is 318 g/mol. The molecule has 0 aliphatic carbocycles. The molecule has 0 amide bonds. The van der Waals surface area contributed by atoms with Gasteiger partial charge in [-0.25, -0.2) is 9.97 Å². The van der Waals surface area contributed by atoms with Crippen LogP contribution in [0.1, 0.15) is 58.6 Å². The van der Waals surface area contributed by atoms with Crippen molar-refractivity contribution in [2.24, 2.45) is 0 Å². The van der Waals surface area contributed by atoms with E-state index in [2.05, 4.69) is 47.5 Å². The number of hydrogen-bond acceptors (Lipinski definition) is 4. The smallest absolute Gasteiger partial charge is 0.220 e. The second-order valence-corrected chi connectivity index (χ2v) is 7.05. The van der Waals surface area contributed by atoms with Gasteiger partial charge in [-0.15, -0.1) is 0 Å². The van der Waals surface area contributed by atoms with Crippen LogP contribution in [0, 0.1) is 5.41 Å². The zero-order valence-electron chi connectivity index (χ0n) is 14.8. The molecule has 1 saturated heterocycles. The normalized spacial score (nSPS) is 17.0. The molecule has 3 N–H and O–H groups in total. The fourth-order valence-electron chi connectivity index (χ4n) is 3.20. The molecule has 0 saturated carbocycles. The van der Waals surface area contributed by atoms with Crippen molar-refractivity contribution in [3.63, 3.8) is 0 Å². The van der Waals surface area contributed by atoms with E-state index in [0.29, 0.717) is 17.8 Å². The predicted octanol–water partition coefficient (Wildman–Crippen LogP) is 2.68. The largest absolute Gasteiger partial charge is 0.368 e. The molecule has 2 heterocycles. The number of nitrogen functional groups attached to an aromatic ring is 1. The number of nitrogens with one attached hydrogen (secondary N) is 1. The third kappa shape index (κ3) is 4.12. The Kier molecular flexibility index (Phi) is 5.44. The number of nitrogens with zero attached hydrogens (tertiary/aromatic N) is 4. The maximum absolute atomic E-state index is 8.41. The number of anilines is 1. The summed E-state index contributed by atoms with van der Waals surface area (Å²) in [4.78, 5) is 12.7. The Morgan fingerprint density at radius 2 is 2.13 bits per heavy atom. The van der Waals surface area contributed by atoms with Gasteiger partial charge in [0, 0.05) is 37.1 Å². The number of hydrogen-bond donors (Lipinski definition) is 2. The summed E-state index contributed by atoms with van der Waals surface area (Å²) in [5, 5.41) is 8.41. The van der Waals surface area contributed by atoms with Crippen molar-refractivity contribution >= 4 is 11.9 Å². The summed E-state index contributed by atoms with van der Waals surface area (Å²) < 4.78 is 0. The van der Waals surface area contributed by atoms with E-state index in [-0.39, 0.29) is 5.54 Å². The first-order valence-corrected chi connectivity index (χ1v) is 8.54. The Hall–Kier alpha value is -1.85. The van der Waals surface area contributed by atoms with E-state index in [1.165, 1.54) is 0 Å². The highest BCUT2D eigenvalue weighted by Gasteiger charge is 2.35. The van der Waals surface area contributed by atoms with Gasteiger partial charge in [-0.05, 0) is 45.1 Å². The second-order valence-electron chi connectivity index (χ2n) is 7.05. The Labute approximate surface area is 139 Å². The third-order valence-corrected chi connectivity index (χ3v) is 4.76. The van der Waals surface area contributed by atoms with Crippen LogP contribution in [0.4, 0.5) is 5.95 Å². The fourth-order valence-corrected chi connectivity index (χ4v) is 3.20. The van der Waals surface area contributed by atoms with Crippen LogP contribution in [0.3, 0.4) is 0 Å². The second kappa shape index (κ2) is 7.15. The molecule has 1 aliphatic rings. The van der Waals surface area contributed by atoms with E-state index >= 15 is 0 Å². The third-order valence-electron chi connectivity index (χ3n) is 4.76. The van der Waals surface area contributed by atoms with Gasteiger partial charge in [0.05, 0.1) is 0 Å². The molecule has 1 atom stereocenters. The SMILES string of the molecule is CCCN1CCN(C(C)(C)CCC(C)c2ccnc(N)n2)C1=N. The number of aromatic nitrogens is 2. The summed E-state index contributed by atoms with van der Waals surface area (Å²) in [6.45, 7) is 11.7. The molecule has 2 rings (SSSR count). The molecule has 0 radical (unpaired) electrons. The van der Waals surface area contributed by atoms with E-state index in [9.17, 15) is 0 Å². The van der Waals surface area contributed by atoms with Crippen molar-refractivity contribution in [3.05, 3.63) is 18.0 Å². The van der Waals surface area contributed by atoms with Gasteiger partial charge in [0.2, 0.25) is 5.95 Å². The highest BCUT2D eigenvalue weighted by molar-refractivity contribution is 5.79. The zero-order chi connectivity index (χ0) is 17.0. The Morgan fingerprint density at radius 1 is 1.39 bits per heavy atom. The standard InChI is InChI=1S/C17H30N6/c1-5-10-22-11-12-23(16(22)19)17(3,4)8-6-13(2)14-7-9-20-15(18)21-14/h7,9,13,19H,5-6,8,10-12H2,1-4H3,(H2,18,20,21). The fraction of sp³-hybridized carbons (Fsp3) is 0.706. The van der Waals surface area contributed by atoms with Gasteiger partial charge >= 0.3 is 0 Å². The van der Waals surface area contributed by atoms with Crippen LogP contribution in [0.15, 0.2) is 12.3 Å². The summed E-state index contributed by atoms with van der Waals surface area (Å²) in [5.41, 5.74) is 6.65. The number of nitrogens with two attached hydrogens (primary N) is 1. The summed E-state index contributed by atoms with van der Waals surface area (Å²) >= 11 is 0. The first-order chi connectivity index (χ1) is 10.8. The lowest BCUT2D eigenvalue weighted by Gasteiger charge is -2.37. The van der Waals surface area contributed by atoms with Crippen LogP contribution in [0.2, 0.25) is 0 Å². The molecule has 1 fully saturated rings. The van der Waals surface area contributed by atoms with Crippen LogP contribution in [-0.2, 0) is 0 Å². The summed E-state index contributed by atoms with van der Waals surface area (Å²) in [5.74, 6) is 1.35. The number of rotatable bonds is 7. The Morgan fingerprint density at radius 3 is 2.78 bits per heavy atom. The molecule has 0 spiro atoms. The maximum Gasteiger partial charge on any atom is 0.220 e. The first-order valence-electron chi connectivity index (χ1n) is 8.54. The lowest BCUT2D eigenvalue weighted by atomic mass is 9.90. The van der Waals surface area contributed by atoms with Crippen molar-refractivity contribution in [1.29, 1.82) is 5.41 Å². The molecular weight excluding hydrogens is 288 g/mol. The van der Waals surface area contributed by atoms with Crippen LogP contribution in [0.25, 0.3) is 0 Å².